The van der Waals surface area contributed by atoms with Crippen molar-refractivity contribution >= 4 is 0 Å². The zero-order chi connectivity index (χ0) is 9.68. The van der Waals surface area contributed by atoms with E-state index >= 15 is 0 Å². The van der Waals surface area contributed by atoms with Gasteiger partial charge in [0.25, 0.3) is 0 Å². The highest BCUT2D eigenvalue weighted by Gasteiger charge is 2.07. The Hall–Kier alpha value is -0.900. The van der Waals surface area contributed by atoms with Crippen molar-refractivity contribution in [1.29, 1.82) is 0 Å². The van der Waals surface area contributed by atoms with Crippen molar-refractivity contribution in [2.75, 3.05) is 0 Å². The molecule has 0 radical (unpaired) electrons. The standard InChI is InChI=1S/C9H17N3O/c1-4-8(5-2)10-6-9-7(3)11-13-12-9/h8,10H,4-6H2,1-3H3. The third-order valence-corrected chi connectivity index (χ3v) is 2.29. The van der Waals surface area contributed by atoms with Gasteiger partial charge >= 0.3 is 0 Å². The topological polar surface area (TPSA) is 51.0 Å². The first-order valence-electron chi connectivity index (χ1n) is 4.79. The van der Waals surface area contributed by atoms with Crippen LogP contribution in [0.3, 0.4) is 0 Å². The minimum atomic E-state index is 0.566. The van der Waals surface area contributed by atoms with E-state index in [1.165, 1.54) is 0 Å². The minimum Gasteiger partial charge on any atom is -0.308 e. The number of nitrogens with zero attached hydrogens (tertiary/aromatic N) is 2. The number of rotatable bonds is 5. The Morgan fingerprint density at radius 3 is 2.46 bits per heavy atom. The Bertz CT molecular complexity index is 243. The summed E-state index contributed by atoms with van der Waals surface area (Å²) in [6, 6.07) is 0.566. The fraction of sp³-hybridized carbons (Fsp3) is 0.778. The molecule has 1 rings (SSSR count). The maximum atomic E-state index is 4.60. The minimum absolute atomic E-state index is 0.566. The smallest absolute Gasteiger partial charge is 0.121 e. The lowest BCUT2D eigenvalue weighted by Gasteiger charge is -2.12. The molecule has 4 heteroatoms. The van der Waals surface area contributed by atoms with Gasteiger partial charge in [0.05, 0.1) is 0 Å². The van der Waals surface area contributed by atoms with Crippen molar-refractivity contribution in [2.24, 2.45) is 0 Å². The highest BCUT2D eigenvalue weighted by molar-refractivity contribution is 5.03. The number of nitrogens with one attached hydrogen (secondary N) is 1. The molecule has 0 aliphatic rings. The molecule has 0 amide bonds. The van der Waals surface area contributed by atoms with Gasteiger partial charge in [-0.05, 0) is 19.8 Å². The van der Waals surface area contributed by atoms with Crippen LogP contribution in [-0.2, 0) is 6.54 Å². The van der Waals surface area contributed by atoms with Gasteiger partial charge in [0.1, 0.15) is 11.4 Å². The van der Waals surface area contributed by atoms with E-state index in [4.69, 9.17) is 0 Å². The van der Waals surface area contributed by atoms with E-state index < -0.39 is 0 Å². The molecular formula is C9H17N3O. The number of aryl methyl sites for hydroxylation is 1. The van der Waals surface area contributed by atoms with Crippen molar-refractivity contribution in [2.45, 2.75) is 46.2 Å². The molecule has 0 saturated heterocycles. The van der Waals surface area contributed by atoms with E-state index in [-0.39, 0.29) is 0 Å². The van der Waals surface area contributed by atoms with E-state index in [0.29, 0.717) is 6.04 Å². The van der Waals surface area contributed by atoms with Gasteiger partial charge < -0.3 is 5.32 Å². The number of hydrogen-bond acceptors (Lipinski definition) is 4. The lowest BCUT2D eigenvalue weighted by atomic mass is 10.1. The molecule has 0 spiro atoms. The van der Waals surface area contributed by atoms with Crippen LogP contribution < -0.4 is 5.32 Å². The second-order valence-electron chi connectivity index (χ2n) is 3.19. The molecule has 0 saturated carbocycles. The van der Waals surface area contributed by atoms with Crippen molar-refractivity contribution in [3.05, 3.63) is 11.4 Å². The molecule has 13 heavy (non-hydrogen) atoms. The third-order valence-electron chi connectivity index (χ3n) is 2.29. The summed E-state index contributed by atoms with van der Waals surface area (Å²) in [5.74, 6) is 0. The van der Waals surface area contributed by atoms with Crippen LogP contribution in [0.5, 0.6) is 0 Å². The summed E-state index contributed by atoms with van der Waals surface area (Å²) >= 11 is 0. The molecule has 0 fully saturated rings. The molecule has 1 heterocycles. The summed E-state index contributed by atoms with van der Waals surface area (Å²) in [6.07, 6.45) is 2.28. The Morgan fingerprint density at radius 1 is 1.31 bits per heavy atom. The number of hydrogen-bond donors (Lipinski definition) is 1. The van der Waals surface area contributed by atoms with Crippen LogP contribution in [0.25, 0.3) is 0 Å². The second-order valence-corrected chi connectivity index (χ2v) is 3.19. The number of aromatic nitrogens is 2. The first kappa shape index (κ1) is 10.2. The van der Waals surface area contributed by atoms with Gasteiger partial charge in [-0.25, -0.2) is 4.63 Å². The maximum Gasteiger partial charge on any atom is 0.121 e. The summed E-state index contributed by atoms with van der Waals surface area (Å²) in [6.45, 7) is 7.01. The van der Waals surface area contributed by atoms with Crippen LogP contribution in [0.1, 0.15) is 38.1 Å². The molecule has 1 aromatic heterocycles. The summed E-state index contributed by atoms with van der Waals surface area (Å²) in [5, 5.41) is 10.9. The predicted molar refractivity (Wildman–Crippen MR) is 50.2 cm³/mol. The second kappa shape index (κ2) is 4.97. The first-order valence-corrected chi connectivity index (χ1v) is 4.79. The fourth-order valence-corrected chi connectivity index (χ4v) is 1.23. The molecule has 0 atom stereocenters. The Kier molecular flexibility index (Phi) is 3.89. The van der Waals surface area contributed by atoms with E-state index in [2.05, 4.69) is 34.1 Å². The van der Waals surface area contributed by atoms with Gasteiger partial charge in [-0.2, -0.15) is 0 Å². The normalized spacial score (nSPS) is 11.1. The summed E-state index contributed by atoms with van der Waals surface area (Å²) in [4.78, 5) is 0. The Labute approximate surface area is 78.7 Å². The zero-order valence-corrected chi connectivity index (χ0v) is 8.50. The molecule has 0 unspecified atom stereocenters. The lowest BCUT2D eigenvalue weighted by Crippen LogP contribution is -2.27. The van der Waals surface area contributed by atoms with E-state index in [1.54, 1.807) is 0 Å². The summed E-state index contributed by atoms with van der Waals surface area (Å²) < 4.78 is 4.60. The van der Waals surface area contributed by atoms with Crippen LogP contribution in [0.4, 0.5) is 0 Å². The van der Waals surface area contributed by atoms with Gasteiger partial charge in [0.2, 0.25) is 0 Å². The molecule has 1 N–H and O–H groups in total. The Morgan fingerprint density at radius 2 is 2.00 bits per heavy atom. The van der Waals surface area contributed by atoms with Crippen molar-refractivity contribution in [1.82, 2.24) is 15.6 Å². The average molecular weight is 183 g/mol. The first-order chi connectivity index (χ1) is 6.27. The predicted octanol–water partition coefficient (Wildman–Crippen LogP) is 1.66. The van der Waals surface area contributed by atoms with E-state index in [1.807, 2.05) is 6.92 Å². The fourth-order valence-electron chi connectivity index (χ4n) is 1.23. The molecule has 0 aliphatic carbocycles. The van der Waals surface area contributed by atoms with Gasteiger partial charge in [-0.15, -0.1) is 0 Å². The SMILES string of the molecule is CCC(CC)NCc1nonc1C. The van der Waals surface area contributed by atoms with Gasteiger partial charge in [-0.1, -0.05) is 24.2 Å². The highest BCUT2D eigenvalue weighted by atomic mass is 16.6. The quantitative estimate of drug-likeness (QED) is 0.754. The zero-order valence-electron chi connectivity index (χ0n) is 8.50. The van der Waals surface area contributed by atoms with Gasteiger partial charge in [-0.3, -0.25) is 0 Å². The monoisotopic (exact) mass is 183 g/mol. The van der Waals surface area contributed by atoms with E-state index in [0.717, 1.165) is 30.8 Å². The van der Waals surface area contributed by atoms with Gasteiger partial charge in [0, 0.05) is 12.6 Å². The lowest BCUT2D eigenvalue weighted by molar-refractivity contribution is 0.299. The maximum absolute atomic E-state index is 4.60. The molecule has 74 valence electrons. The third kappa shape index (κ3) is 2.81. The molecule has 1 aromatic rings. The van der Waals surface area contributed by atoms with Crippen molar-refractivity contribution in [3.8, 4) is 0 Å². The summed E-state index contributed by atoms with van der Waals surface area (Å²) in [5.41, 5.74) is 1.78. The van der Waals surface area contributed by atoms with Crippen LogP contribution in [-0.4, -0.2) is 16.4 Å². The van der Waals surface area contributed by atoms with Crippen molar-refractivity contribution in [3.63, 3.8) is 0 Å². The van der Waals surface area contributed by atoms with Gasteiger partial charge in [0.15, 0.2) is 0 Å². The molecule has 0 bridgehead atoms. The van der Waals surface area contributed by atoms with Crippen LogP contribution >= 0.6 is 0 Å². The van der Waals surface area contributed by atoms with E-state index in [9.17, 15) is 0 Å². The largest absolute Gasteiger partial charge is 0.308 e. The highest BCUT2D eigenvalue weighted by Crippen LogP contribution is 2.02. The summed E-state index contributed by atoms with van der Waals surface area (Å²) in [7, 11) is 0. The molecular weight excluding hydrogens is 166 g/mol. The molecule has 4 nitrogen and oxygen atoms in total. The molecule has 0 aromatic carbocycles. The average Bonchev–Trinajstić information content (AvgIpc) is 2.54. The molecule has 0 aliphatic heterocycles. The van der Waals surface area contributed by atoms with Crippen LogP contribution in [0.2, 0.25) is 0 Å². The van der Waals surface area contributed by atoms with Crippen LogP contribution in [0.15, 0.2) is 4.63 Å². The van der Waals surface area contributed by atoms with Crippen LogP contribution in [0, 0.1) is 6.92 Å². The Balaban J connectivity index is 2.38. The van der Waals surface area contributed by atoms with Crippen molar-refractivity contribution < 1.29 is 4.63 Å².